The van der Waals surface area contributed by atoms with Crippen LogP contribution < -0.4 is 10.6 Å². The number of aromatic nitrogens is 4. The van der Waals surface area contributed by atoms with Crippen LogP contribution in [0.2, 0.25) is 5.02 Å². The number of rotatable bonds is 7. The van der Waals surface area contributed by atoms with Gasteiger partial charge in [0.2, 0.25) is 5.95 Å². The predicted octanol–water partition coefficient (Wildman–Crippen LogP) is 3.18. The lowest BCUT2D eigenvalue weighted by molar-refractivity contribution is 0.405. The molecule has 0 saturated carbocycles. The lowest BCUT2D eigenvalue weighted by Gasteiger charge is -2.12. The first-order valence-corrected chi connectivity index (χ1v) is 8.39. The van der Waals surface area contributed by atoms with Gasteiger partial charge in [0.1, 0.15) is 0 Å². The molecule has 25 heavy (non-hydrogen) atoms. The lowest BCUT2D eigenvalue weighted by atomic mass is 10.3. The van der Waals surface area contributed by atoms with Crippen molar-refractivity contribution in [2.45, 2.75) is 6.42 Å². The Balaban J connectivity index is 1.83. The smallest absolute Gasteiger partial charge is 0.226 e. The van der Waals surface area contributed by atoms with Gasteiger partial charge in [0.25, 0.3) is 0 Å². The highest BCUT2D eigenvalue weighted by atomic mass is 35.5. The zero-order valence-corrected chi connectivity index (χ0v) is 15.0. The van der Waals surface area contributed by atoms with Crippen molar-refractivity contribution >= 4 is 40.2 Å². The molecule has 2 aromatic heterocycles. The minimum Gasteiger partial charge on any atom is -0.354 e. The monoisotopic (exact) mass is 357 g/mol. The van der Waals surface area contributed by atoms with Crippen molar-refractivity contribution in [3.05, 3.63) is 41.7 Å². The van der Waals surface area contributed by atoms with Gasteiger partial charge in [0, 0.05) is 29.6 Å². The second kappa shape index (κ2) is 8.04. The van der Waals surface area contributed by atoms with Gasteiger partial charge in [0.05, 0.1) is 0 Å². The average Bonchev–Trinajstić information content (AvgIpc) is 2.60. The minimum absolute atomic E-state index is 0.531. The molecule has 0 aliphatic rings. The van der Waals surface area contributed by atoms with Crippen LogP contribution in [0, 0.1) is 0 Å². The van der Waals surface area contributed by atoms with E-state index in [1.807, 2.05) is 24.3 Å². The normalized spacial score (nSPS) is 11.0. The molecule has 0 unspecified atom stereocenters. The molecule has 0 aliphatic heterocycles. The highest BCUT2D eigenvalue weighted by Crippen LogP contribution is 2.23. The summed E-state index contributed by atoms with van der Waals surface area (Å²) < 4.78 is 0. The van der Waals surface area contributed by atoms with Crippen LogP contribution >= 0.6 is 11.6 Å². The summed E-state index contributed by atoms with van der Waals surface area (Å²) in [5, 5.41) is 7.19. The summed E-state index contributed by atoms with van der Waals surface area (Å²) in [6.07, 6.45) is 4.24. The Morgan fingerprint density at radius 1 is 1.04 bits per heavy atom. The topological polar surface area (TPSA) is 78.9 Å². The zero-order chi connectivity index (χ0) is 17.6. The van der Waals surface area contributed by atoms with Crippen molar-refractivity contribution in [2.75, 3.05) is 37.8 Å². The van der Waals surface area contributed by atoms with Gasteiger partial charge in [-0.05, 0) is 51.3 Å². The van der Waals surface area contributed by atoms with Crippen LogP contribution in [0.4, 0.5) is 17.5 Å². The Bertz CT molecular complexity index is 836. The van der Waals surface area contributed by atoms with Gasteiger partial charge in [-0.2, -0.15) is 9.97 Å². The van der Waals surface area contributed by atoms with Crippen molar-refractivity contribution in [1.29, 1.82) is 0 Å². The minimum atomic E-state index is 0.531. The van der Waals surface area contributed by atoms with E-state index in [1.54, 1.807) is 12.4 Å². The van der Waals surface area contributed by atoms with Crippen LogP contribution in [-0.4, -0.2) is 52.0 Å². The molecular weight excluding hydrogens is 338 g/mol. The van der Waals surface area contributed by atoms with Crippen molar-refractivity contribution in [3.63, 3.8) is 0 Å². The molecule has 0 aliphatic carbocycles. The molecular formula is C17H20ClN7. The maximum atomic E-state index is 5.94. The van der Waals surface area contributed by atoms with E-state index < -0.39 is 0 Å². The molecule has 2 N–H and O–H groups in total. The van der Waals surface area contributed by atoms with Gasteiger partial charge >= 0.3 is 0 Å². The van der Waals surface area contributed by atoms with E-state index in [1.165, 1.54) is 0 Å². The maximum Gasteiger partial charge on any atom is 0.226 e. The highest BCUT2D eigenvalue weighted by molar-refractivity contribution is 6.30. The second-order valence-electron chi connectivity index (χ2n) is 5.84. The Hall–Kier alpha value is -2.51. The first-order chi connectivity index (χ1) is 12.1. The Labute approximate surface area is 151 Å². The number of halogens is 1. The van der Waals surface area contributed by atoms with Crippen LogP contribution in [0.1, 0.15) is 6.42 Å². The van der Waals surface area contributed by atoms with Crippen molar-refractivity contribution in [3.8, 4) is 0 Å². The third kappa shape index (κ3) is 4.74. The third-order valence-electron chi connectivity index (χ3n) is 3.50. The van der Waals surface area contributed by atoms with Gasteiger partial charge in [0.15, 0.2) is 17.0 Å². The molecule has 0 spiro atoms. The molecule has 7 nitrogen and oxygen atoms in total. The maximum absolute atomic E-state index is 5.94. The van der Waals surface area contributed by atoms with E-state index in [2.05, 4.69) is 49.6 Å². The first kappa shape index (κ1) is 17.3. The number of benzene rings is 1. The fraction of sp³-hybridized carbons (Fsp3) is 0.294. The van der Waals surface area contributed by atoms with Gasteiger partial charge in [-0.3, -0.25) is 0 Å². The van der Waals surface area contributed by atoms with Crippen LogP contribution in [0.15, 0.2) is 36.7 Å². The fourth-order valence-corrected chi connectivity index (χ4v) is 2.42. The number of hydrogen-bond acceptors (Lipinski definition) is 7. The number of anilines is 3. The summed E-state index contributed by atoms with van der Waals surface area (Å²) >= 11 is 5.94. The van der Waals surface area contributed by atoms with E-state index in [-0.39, 0.29) is 0 Å². The molecule has 3 aromatic rings. The second-order valence-corrected chi connectivity index (χ2v) is 6.28. The number of hydrogen-bond donors (Lipinski definition) is 2. The van der Waals surface area contributed by atoms with Gasteiger partial charge in [-0.25, -0.2) is 9.97 Å². The number of nitrogens with one attached hydrogen (secondary N) is 2. The quantitative estimate of drug-likeness (QED) is 0.628. The summed E-state index contributed by atoms with van der Waals surface area (Å²) in [7, 11) is 4.10. The first-order valence-electron chi connectivity index (χ1n) is 8.02. The van der Waals surface area contributed by atoms with Crippen molar-refractivity contribution in [2.24, 2.45) is 0 Å². The van der Waals surface area contributed by atoms with Gasteiger partial charge < -0.3 is 15.5 Å². The summed E-state index contributed by atoms with van der Waals surface area (Å²) in [6.45, 7) is 1.78. The third-order valence-corrected chi connectivity index (χ3v) is 3.76. The largest absolute Gasteiger partial charge is 0.354 e. The lowest BCUT2D eigenvalue weighted by Crippen LogP contribution is -2.17. The standard InChI is InChI=1S/C17H20ClN7/c1-25(2)11-3-8-21-17-23-15-14(19-9-10-20-15)16(24-17)22-13-6-4-12(18)5-7-13/h4-7,9-10H,3,8,11H2,1-2H3,(H2,20,21,22,23,24). The molecule has 0 amide bonds. The molecule has 0 atom stereocenters. The van der Waals surface area contributed by atoms with Crippen LogP contribution in [0.25, 0.3) is 11.2 Å². The Kier molecular flexibility index (Phi) is 5.57. The van der Waals surface area contributed by atoms with Crippen LogP contribution in [-0.2, 0) is 0 Å². The average molecular weight is 358 g/mol. The fourth-order valence-electron chi connectivity index (χ4n) is 2.30. The van der Waals surface area contributed by atoms with Crippen LogP contribution in [0.5, 0.6) is 0 Å². The molecule has 0 fully saturated rings. The summed E-state index contributed by atoms with van der Waals surface area (Å²) in [5.41, 5.74) is 2.04. The van der Waals surface area contributed by atoms with Crippen molar-refractivity contribution < 1.29 is 0 Å². The number of nitrogens with zero attached hydrogens (tertiary/aromatic N) is 5. The molecule has 1 aromatic carbocycles. The molecule has 3 rings (SSSR count). The molecule has 0 bridgehead atoms. The predicted molar refractivity (Wildman–Crippen MR) is 102 cm³/mol. The van der Waals surface area contributed by atoms with E-state index in [0.29, 0.717) is 28.0 Å². The van der Waals surface area contributed by atoms with Gasteiger partial charge in [-0.15, -0.1) is 0 Å². The zero-order valence-electron chi connectivity index (χ0n) is 14.2. The SMILES string of the molecule is CN(C)CCCNc1nc(Nc2ccc(Cl)cc2)c2nccnc2n1. The molecule has 130 valence electrons. The number of fused-ring (bicyclic) bond motifs is 1. The summed E-state index contributed by atoms with van der Waals surface area (Å²) in [5.74, 6) is 1.14. The summed E-state index contributed by atoms with van der Waals surface area (Å²) in [4.78, 5) is 19.8. The Morgan fingerprint density at radius 3 is 2.56 bits per heavy atom. The van der Waals surface area contributed by atoms with E-state index in [0.717, 1.165) is 25.2 Å². The highest BCUT2D eigenvalue weighted by Gasteiger charge is 2.10. The molecule has 8 heteroatoms. The van der Waals surface area contributed by atoms with Gasteiger partial charge in [-0.1, -0.05) is 11.6 Å². The summed E-state index contributed by atoms with van der Waals surface area (Å²) in [6, 6.07) is 7.41. The van der Waals surface area contributed by atoms with E-state index in [4.69, 9.17) is 11.6 Å². The van der Waals surface area contributed by atoms with Crippen molar-refractivity contribution in [1.82, 2.24) is 24.8 Å². The molecule has 2 heterocycles. The molecule has 0 saturated heterocycles. The Morgan fingerprint density at radius 2 is 1.80 bits per heavy atom. The molecule has 0 radical (unpaired) electrons. The van der Waals surface area contributed by atoms with E-state index >= 15 is 0 Å². The van der Waals surface area contributed by atoms with E-state index in [9.17, 15) is 0 Å². The van der Waals surface area contributed by atoms with Crippen LogP contribution in [0.3, 0.4) is 0 Å².